The Kier molecular flexibility index (Phi) is 2.70. The van der Waals surface area contributed by atoms with Gasteiger partial charge in [0, 0.05) is 6.42 Å². The van der Waals surface area contributed by atoms with Crippen molar-refractivity contribution in [1.82, 2.24) is 0 Å². The molecule has 82 valence electrons. The fraction of sp³-hybridized carbons (Fsp3) is 0.538. The second-order valence-corrected chi connectivity index (χ2v) is 4.97. The minimum Gasteiger partial charge on any atom is -0.488 e. The summed E-state index contributed by atoms with van der Waals surface area (Å²) in [5.41, 5.74) is -0.0700. The van der Waals surface area contributed by atoms with Crippen molar-refractivity contribution in [3.05, 3.63) is 30.3 Å². The lowest BCUT2D eigenvalue weighted by atomic mass is 10.2. The first-order valence-corrected chi connectivity index (χ1v) is 5.44. The Hall–Kier alpha value is -1.02. The van der Waals surface area contributed by atoms with Gasteiger partial charge in [0.05, 0.1) is 11.7 Å². The number of para-hydroxylation sites is 1. The zero-order chi connectivity index (χ0) is 10.9. The van der Waals surface area contributed by atoms with Crippen LogP contribution in [0.5, 0.6) is 5.75 Å². The van der Waals surface area contributed by atoms with E-state index in [0.717, 1.165) is 12.2 Å². The molecule has 0 unspecified atom stereocenters. The van der Waals surface area contributed by atoms with Crippen molar-refractivity contribution in [3.63, 3.8) is 0 Å². The van der Waals surface area contributed by atoms with E-state index in [1.807, 2.05) is 30.3 Å². The molecular formula is C13H18O2. The minimum absolute atomic E-state index is 0.0700. The van der Waals surface area contributed by atoms with E-state index in [2.05, 4.69) is 20.8 Å². The maximum Gasteiger partial charge on any atom is 0.128 e. The minimum atomic E-state index is -0.0700. The fourth-order valence-electron chi connectivity index (χ4n) is 1.53. The standard InChI is InChI=1S/C13H18O2/c1-13(2,3)15-12-9-11(12)14-10-7-5-4-6-8-10/h4-8,11-12H,9H2,1-3H3/t11-,12-/m1/s1. The summed E-state index contributed by atoms with van der Waals surface area (Å²) in [7, 11) is 0. The number of ether oxygens (including phenoxy) is 2. The quantitative estimate of drug-likeness (QED) is 0.756. The van der Waals surface area contributed by atoms with E-state index in [9.17, 15) is 0 Å². The Morgan fingerprint density at radius 3 is 2.33 bits per heavy atom. The van der Waals surface area contributed by atoms with E-state index < -0.39 is 0 Å². The van der Waals surface area contributed by atoms with Crippen LogP contribution in [-0.4, -0.2) is 17.8 Å². The average molecular weight is 206 g/mol. The molecule has 15 heavy (non-hydrogen) atoms. The molecule has 2 rings (SSSR count). The summed E-state index contributed by atoms with van der Waals surface area (Å²) in [6, 6.07) is 9.91. The van der Waals surface area contributed by atoms with Gasteiger partial charge in [0.25, 0.3) is 0 Å². The fourth-order valence-corrected chi connectivity index (χ4v) is 1.53. The molecule has 2 heteroatoms. The summed E-state index contributed by atoms with van der Waals surface area (Å²) in [5, 5.41) is 0. The Bertz CT molecular complexity index is 313. The number of hydrogen-bond acceptors (Lipinski definition) is 2. The normalized spacial score (nSPS) is 25.0. The van der Waals surface area contributed by atoms with E-state index in [4.69, 9.17) is 9.47 Å². The third-order valence-corrected chi connectivity index (χ3v) is 2.21. The van der Waals surface area contributed by atoms with Crippen molar-refractivity contribution in [2.75, 3.05) is 0 Å². The Balaban J connectivity index is 1.81. The third kappa shape index (κ3) is 3.24. The van der Waals surface area contributed by atoms with Crippen molar-refractivity contribution in [2.45, 2.75) is 45.0 Å². The van der Waals surface area contributed by atoms with Gasteiger partial charge >= 0.3 is 0 Å². The zero-order valence-electron chi connectivity index (χ0n) is 9.57. The Morgan fingerprint density at radius 2 is 1.73 bits per heavy atom. The summed E-state index contributed by atoms with van der Waals surface area (Å²) in [4.78, 5) is 0. The van der Waals surface area contributed by atoms with Crippen LogP contribution >= 0.6 is 0 Å². The average Bonchev–Trinajstić information content (AvgIpc) is 2.82. The first-order valence-electron chi connectivity index (χ1n) is 5.44. The summed E-state index contributed by atoms with van der Waals surface area (Å²) in [6.45, 7) is 6.22. The van der Waals surface area contributed by atoms with E-state index in [-0.39, 0.29) is 17.8 Å². The highest BCUT2D eigenvalue weighted by atomic mass is 16.6. The maximum atomic E-state index is 5.81. The van der Waals surface area contributed by atoms with Gasteiger partial charge in [0.2, 0.25) is 0 Å². The number of hydrogen-bond donors (Lipinski definition) is 0. The van der Waals surface area contributed by atoms with Crippen LogP contribution < -0.4 is 4.74 Å². The highest BCUT2D eigenvalue weighted by molar-refractivity contribution is 5.22. The molecule has 2 atom stereocenters. The Morgan fingerprint density at radius 1 is 1.07 bits per heavy atom. The van der Waals surface area contributed by atoms with Crippen LogP contribution in [0.2, 0.25) is 0 Å². The zero-order valence-corrected chi connectivity index (χ0v) is 9.57. The smallest absolute Gasteiger partial charge is 0.128 e. The highest BCUT2D eigenvalue weighted by Crippen LogP contribution is 2.33. The molecule has 0 aromatic heterocycles. The van der Waals surface area contributed by atoms with Crippen molar-refractivity contribution in [3.8, 4) is 5.75 Å². The second-order valence-electron chi connectivity index (χ2n) is 4.97. The largest absolute Gasteiger partial charge is 0.488 e. The lowest BCUT2D eigenvalue weighted by Gasteiger charge is -2.19. The van der Waals surface area contributed by atoms with Gasteiger partial charge in [-0.25, -0.2) is 0 Å². The SMILES string of the molecule is CC(C)(C)O[C@@H]1C[C@H]1Oc1ccccc1. The molecule has 1 aromatic carbocycles. The van der Waals surface area contributed by atoms with Crippen molar-refractivity contribution >= 4 is 0 Å². The molecule has 0 N–H and O–H groups in total. The van der Waals surface area contributed by atoms with Crippen LogP contribution in [-0.2, 0) is 4.74 Å². The molecule has 0 bridgehead atoms. The lowest BCUT2D eigenvalue weighted by molar-refractivity contribution is -0.0288. The second kappa shape index (κ2) is 3.86. The molecule has 1 aromatic rings. The van der Waals surface area contributed by atoms with Crippen LogP contribution in [0.25, 0.3) is 0 Å². The topological polar surface area (TPSA) is 18.5 Å². The molecule has 0 heterocycles. The van der Waals surface area contributed by atoms with Gasteiger partial charge in [0.1, 0.15) is 11.9 Å². The molecule has 0 amide bonds. The van der Waals surface area contributed by atoms with Gasteiger partial charge in [-0.1, -0.05) is 18.2 Å². The van der Waals surface area contributed by atoms with Gasteiger partial charge in [-0.2, -0.15) is 0 Å². The first kappa shape index (κ1) is 10.5. The molecular weight excluding hydrogens is 188 g/mol. The van der Waals surface area contributed by atoms with E-state index in [1.165, 1.54) is 0 Å². The number of benzene rings is 1. The van der Waals surface area contributed by atoms with E-state index >= 15 is 0 Å². The maximum absolute atomic E-state index is 5.81. The van der Waals surface area contributed by atoms with Crippen LogP contribution in [0.4, 0.5) is 0 Å². The number of rotatable bonds is 3. The lowest BCUT2D eigenvalue weighted by Crippen LogP contribution is -2.22. The summed E-state index contributed by atoms with van der Waals surface area (Å²) < 4.78 is 11.6. The molecule has 0 radical (unpaired) electrons. The van der Waals surface area contributed by atoms with Crippen molar-refractivity contribution < 1.29 is 9.47 Å². The Labute approximate surface area is 91.2 Å². The van der Waals surface area contributed by atoms with Gasteiger partial charge < -0.3 is 9.47 Å². The van der Waals surface area contributed by atoms with Crippen LogP contribution in [0.15, 0.2) is 30.3 Å². The van der Waals surface area contributed by atoms with Crippen molar-refractivity contribution in [1.29, 1.82) is 0 Å². The molecule has 0 aliphatic heterocycles. The first-order chi connectivity index (χ1) is 7.04. The van der Waals surface area contributed by atoms with Gasteiger partial charge in [-0.15, -0.1) is 0 Å². The molecule has 0 saturated heterocycles. The molecule has 0 spiro atoms. The predicted molar refractivity (Wildman–Crippen MR) is 60.1 cm³/mol. The van der Waals surface area contributed by atoms with E-state index in [0.29, 0.717) is 0 Å². The summed E-state index contributed by atoms with van der Waals surface area (Å²) >= 11 is 0. The van der Waals surface area contributed by atoms with Crippen LogP contribution in [0.1, 0.15) is 27.2 Å². The predicted octanol–water partition coefficient (Wildman–Crippen LogP) is 3.02. The molecule has 1 saturated carbocycles. The molecule has 1 aliphatic rings. The molecule has 2 nitrogen and oxygen atoms in total. The van der Waals surface area contributed by atoms with Gasteiger partial charge in [-0.05, 0) is 32.9 Å². The molecule has 1 fully saturated rings. The van der Waals surface area contributed by atoms with Crippen molar-refractivity contribution in [2.24, 2.45) is 0 Å². The van der Waals surface area contributed by atoms with Gasteiger partial charge in [0.15, 0.2) is 0 Å². The monoisotopic (exact) mass is 206 g/mol. The summed E-state index contributed by atoms with van der Waals surface area (Å²) in [5.74, 6) is 0.933. The molecule has 1 aliphatic carbocycles. The van der Waals surface area contributed by atoms with Gasteiger partial charge in [-0.3, -0.25) is 0 Å². The third-order valence-electron chi connectivity index (χ3n) is 2.21. The van der Waals surface area contributed by atoms with Crippen LogP contribution in [0.3, 0.4) is 0 Å². The van der Waals surface area contributed by atoms with E-state index in [1.54, 1.807) is 0 Å². The van der Waals surface area contributed by atoms with Crippen LogP contribution in [0, 0.1) is 0 Å². The summed E-state index contributed by atoms with van der Waals surface area (Å²) in [6.07, 6.45) is 1.52. The highest BCUT2D eigenvalue weighted by Gasteiger charge is 2.43.